The number of hydrogen-bond donors (Lipinski definition) is 1. The maximum absolute atomic E-state index is 11.5. The molecule has 16 heavy (non-hydrogen) atoms. The molecule has 1 aromatic heterocycles. The van der Waals surface area contributed by atoms with Gasteiger partial charge < -0.3 is 5.32 Å². The van der Waals surface area contributed by atoms with Crippen LogP contribution in [0, 0.1) is 5.92 Å². The molecular formula is C9H13N3O3S. The Kier molecular flexibility index (Phi) is 2.95. The van der Waals surface area contributed by atoms with Crippen LogP contribution in [0.5, 0.6) is 0 Å². The number of amides is 1. The Balaban J connectivity index is 1.83. The van der Waals surface area contributed by atoms with Gasteiger partial charge in [-0.3, -0.25) is 4.57 Å². The van der Waals surface area contributed by atoms with Crippen LogP contribution in [0.4, 0.5) is 4.79 Å². The highest BCUT2D eigenvalue weighted by Gasteiger charge is 2.27. The lowest BCUT2D eigenvalue weighted by atomic mass is 10.1. The van der Waals surface area contributed by atoms with Gasteiger partial charge in [-0.2, -0.15) is 0 Å². The van der Waals surface area contributed by atoms with E-state index in [4.69, 9.17) is 0 Å². The van der Waals surface area contributed by atoms with Gasteiger partial charge in [-0.25, -0.2) is 18.2 Å². The fourth-order valence-corrected chi connectivity index (χ4v) is 3.60. The lowest BCUT2D eigenvalue weighted by Gasteiger charge is -2.09. The van der Waals surface area contributed by atoms with Gasteiger partial charge in [0.25, 0.3) is 0 Å². The van der Waals surface area contributed by atoms with Crippen molar-refractivity contribution in [3.8, 4) is 0 Å². The topological polar surface area (TPSA) is 81.1 Å². The predicted octanol–water partition coefficient (Wildman–Crippen LogP) is -0.125. The van der Waals surface area contributed by atoms with Gasteiger partial charge in [0.1, 0.15) is 6.33 Å². The van der Waals surface area contributed by atoms with Crippen molar-refractivity contribution in [1.29, 1.82) is 0 Å². The van der Waals surface area contributed by atoms with Crippen LogP contribution < -0.4 is 5.32 Å². The van der Waals surface area contributed by atoms with E-state index in [2.05, 4.69) is 10.3 Å². The Bertz CT molecular complexity index is 466. The van der Waals surface area contributed by atoms with Crippen LogP contribution in [0.2, 0.25) is 0 Å². The smallest absolute Gasteiger partial charge is 0.326 e. The quantitative estimate of drug-likeness (QED) is 0.785. The summed E-state index contributed by atoms with van der Waals surface area (Å²) in [5.74, 6) is 0.452. The second kappa shape index (κ2) is 4.25. The van der Waals surface area contributed by atoms with Crippen molar-refractivity contribution in [3.05, 3.63) is 18.7 Å². The number of nitrogens with zero attached hydrogens (tertiary/aromatic N) is 2. The number of rotatable bonds is 2. The molecular weight excluding hydrogens is 230 g/mol. The van der Waals surface area contributed by atoms with Gasteiger partial charge in [-0.15, -0.1) is 0 Å². The fraction of sp³-hybridized carbons (Fsp3) is 0.556. The van der Waals surface area contributed by atoms with Crippen LogP contribution in [0.25, 0.3) is 0 Å². The third kappa shape index (κ3) is 2.60. The van der Waals surface area contributed by atoms with E-state index < -0.39 is 9.84 Å². The third-order valence-corrected chi connectivity index (χ3v) is 4.44. The summed E-state index contributed by atoms with van der Waals surface area (Å²) in [4.78, 5) is 15.2. The molecule has 1 aliphatic rings. The molecule has 1 fully saturated rings. The van der Waals surface area contributed by atoms with Crippen molar-refractivity contribution in [2.75, 3.05) is 18.1 Å². The SMILES string of the molecule is O=C(NCC1CCS(=O)(=O)C1)n1ccnc1. The average molecular weight is 243 g/mol. The summed E-state index contributed by atoms with van der Waals surface area (Å²) in [5.41, 5.74) is 0. The van der Waals surface area contributed by atoms with Gasteiger partial charge in [0, 0.05) is 18.9 Å². The van der Waals surface area contributed by atoms with Crippen molar-refractivity contribution in [2.45, 2.75) is 6.42 Å². The van der Waals surface area contributed by atoms with Gasteiger partial charge in [-0.1, -0.05) is 0 Å². The van der Waals surface area contributed by atoms with Gasteiger partial charge >= 0.3 is 6.03 Å². The van der Waals surface area contributed by atoms with E-state index in [0.29, 0.717) is 13.0 Å². The maximum Gasteiger partial charge on any atom is 0.326 e. The fourth-order valence-electron chi connectivity index (χ4n) is 1.74. The Labute approximate surface area is 93.6 Å². The molecule has 1 aromatic rings. The Morgan fingerprint density at radius 2 is 2.38 bits per heavy atom. The minimum Gasteiger partial charge on any atom is -0.337 e. The van der Waals surface area contributed by atoms with Crippen LogP contribution >= 0.6 is 0 Å². The molecule has 1 unspecified atom stereocenters. The third-order valence-electron chi connectivity index (χ3n) is 2.61. The molecule has 1 amide bonds. The number of hydrogen-bond acceptors (Lipinski definition) is 4. The number of nitrogens with one attached hydrogen (secondary N) is 1. The highest BCUT2D eigenvalue weighted by molar-refractivity contribution is 7.91. The molecule has 0 saturated carbocycles. The lowest BCUT2D eigenvalue weighted by Crippen LogP contribution is -2.32. The number of carbonyl (C=O) groups is 1. The first-order valence-electron chi connectivity index (χ1n) is 5.03. The van der Waals surface area contributed by atoms with Crippen molar-refractivity contribution in [3.63, 3.8) is 0 Å². The normalized spacial score (nSPS) is 23.1. The van der Waals surface area contributed by atoms with E-state index in [1.807, 2.05) is 0 Å². The molecule has 0 radical (unpaired) electrons. The van der Waals surface area contributed by atoms with E-state index >= 15 is 0 Å². The zero-order valence-corrected chi connectivity index (χ0v) is 9.48. The van der Waals surface area contributed by atoms with Crippen LogP contribution in [0.15, 0.2) is 18.7 Å². The molecule has 0 bridgehead atoms. The van der Waals surface area contributed by atoms with E-state index in [0.717, 1.165) is 0 Å². The molecule has 1 N–H and O–H groups in total. The first-order valence-corrected chi connectivity index (χ1v) is 6.85. The largest absolute Gasteiger partial charge is 0.337 e. The maximum atomic E-state index is 11.5. The number of carbonyl (C=O) groups excluding carboxylic acids is 1. The van der Waals surface area contributed by atoms with Crippen molar-refractivity contribution in [2.24, 2.45) is 5.92 Å². The minimum atomic E-state index is -2.87. The molecule has 1 atom stereocenters. The summed E-state index contributed by atoms with van der Waals surface area (Å²) in [6, 6.07) is -0.276. The van der Waals surface area contributed by atoms with E-state index in [1.54, 1.807) is 6.20 Å². The Hall–Kier alpha value is -1.37. The summed E-state index contributed by atoms with van der Waals surface area (Å²) in [6.45, 7) is 0.399. The first-order chi connectivity index (χ1) is 7.57. The number of imidazole rings is 1. The van der Waals surface area contributed by atoms with Gasteiger partial charge in [0.2, 0.25) is 0 Å². The summed E-state index contributed by atoms with van der Waals surface area (Å²) in [7, 11) is -2.87. The van der Waals surface area contributed by atoms with Crippen molar-refractivity contribution in [1.82, 2.24) is 14.9 Å². The van der Waals surface area contributed by atoms with Gasteiger partial charge in [0.15, 0.2) is 9.84 Å². The van der Waals surface area contributed by atoms with Crippen LogP contribution in [-0.2, 0) is 9.84 Å². The second-order valence-electron chi connectivity index (χ2n) is 3.93. The summed E-state index contributed by atoms with van der Waals surface area (Å²) in [6.07, 6.45) is 5.09. The molecule has 88 valence electrons. The standard InChI is InChI=1S/C9H13N3O3S/c13-9(12-3-2-10-7-12)11-5-8-1-4-16(14,15)6-8/h2-3,7-8H,1,4-6H2,(H,11,13). The monoisotopic (exact) mass is 243 g/mol. The molecule has 1 saturated heterocycles. The predicted molar refractivity (Wildman–Crippen MR) is 57.8 cm³/mol. The van der Waals surface area contributed by atoms with E-state index in [1.165, 1.54) is 17.1 Å². The lowest BCUT2D eigenvalue weighted by molar-refractivity contribution is 0.241. The molecule has 6 nitrogen and oxygen atoms in total. The zero-order valence-electron chi connectivity index (χ0n) is 8.67. The molecule has 0 spiro atoms. The first kappa shape index (κ1) is 11.1. The van der Waals surface area contributed by atoms with E-state index in [9.17, 15) is 13.2 Å². The average Bonchev–Trinajstić information content (AvgIpc) is 2.83. The molecule has 0 aliphatic carbocycles. The van der Waals surface area contributed by atoms with Crippen LogP contribution in [0.3, 0.4) is 0 Å². The summed E-state index contributed by atoms with van der Waals surface area (Å²) >= 11 is 0. The second-order valence-corrected chi connectivity index (χ2v) is 6.15. The molecule has 7 heteroatoms. The minimum absolute atomic E-state index is 0.0393. The molecule has 2 rings (SSSR count). The molecule has 0 aromatic carbocycles. The molecule has 1 aliphatic heterocycles. The highest BCUT2D eigenvalue weighted by atomic mass is 32.2. The zero-order chi connectivity index (χ0) is 11.6. The highest BCUT2D eigenvalue weighted by Crippen LogP contribution is 2.17. The van der Waals surface area contributed by atoms with Crippen molar-refractivity contribution < 1.29 is 13.2 Å². The van der Waals surface area contributed by atoms with Crippen LogP contribution in [-0.4, -0.2) is 42.1 Å². The van der Waals surface area contributed by atoms with Crippen molar-refractivity contribution >= 4 is 15.9 Å². The summed E-state index contributed by atoms with van der Waals surface area (Å²) < 4.78 is 23.7. The van der Waals surface area contributed by atoms with E-state index in [-0.39, 0.29) is 23.5 Å². The Morgan fingerprint density at radius 3 is 2.94 bits per heavy atom. The Morgan fingerprint density at radius 1 is 1.56 bits per heavy atom. The van der Waals surface area contributed by atoms with Crippen LogP contribution in [0.1, 0.15) is 6.42 Å². The summed E-state index contributed by atoms with van der Waals surface area (Å²) in [5, 5.41) is 2.68. The number of sulfone groups is 1. The van der Waals surface area contributed by atoms with Gasteiger partial charge in [-0.05, 0) is 12.3 Å². The number of aromatic nitrogens is 2. The molecule has 2 heterocycles. The van der Waals surface area contributed by atoms with Gasteiger partial charge in [0.05, 0.1) is 11.5 Å².